The SMILES string of the molecule is C/C(=N\NC1CC1)C1CCOC1. The normalized spacial score (nSPS) is 30.8. The van der Waals surface area contributed by atoms with Gasteiger partial charge in [0.25, 0.3) is 0 Å². The highest BCUT2D eigenvalue weighted by Gasteiger charge is 2.22. The van der Waals surface area contributed by atoms with E-state index < -0.39 is 0 Å². The predicted molar refractivity (Wildman–Crippen MR) is 48.2 cm³/mol. The molecule has 0 aromatic carbocycles. The average molecular weight is 168 g/mol. The minimum absolute atomic E-state index is 0.566. The lowest BCUT2D eigenvalue weighted by Crippen LogP contribution is -2.17. The lowest BCUT2D eigenvalue weighted by Gasteiger charge is -2.06. The Morgan fingerprint density at radius 1 is 1.42 bits per heavy atom. The summed E-state index contributed by atoms with van der Waals surface area (Å²) in [7, 11) is 0. The topological polar surface area (TPSA) is 33.6 Å². The molecule has 2 rings (SSSR count). The van der Waals surface area contributed by atoms with Gasteiger partial charge in [-0.05, 0) is 26.2 Å². The van der Waals surface area contributed by atoms with E-state index in [0.717, 1.165) is 19.6 Å². The van der Waals surface area contributed by atoms with E-state index in [9.17, 15) is 0 Å². The van der Waals surface area contributed by atoms with Gasteiger partial charge in [0.15, 0.2) is 0 Å². The Labute approximate surface area is 73.2 Å². The second-order valence-electron chi connectivity index (χ2n) is 3.72. The number of ether oxygens (including phenoxy) is 1. The van der Waals surface area contributed by atoms with Crippen molar-refractivity contribution in [3.8, 4) is 0 Å². The maximum absolute atomic E-state index is 5.29. The standard InChI is InChI=1S/C9H16N2O/c1-7(8-4-5-12-6-8)10-11-9-2-3-9/h8-9,11H,2-6H2,1H3/b10-7+. The number of hydrogen-bond donors (Lipinski definition) is 1. The zero-order valence-corrected chi connectivity index (χ0v) is 7.55. The van der Waals surface area contributed by atoms with Crippen LogP contribution in [0.5, 0.6) is 0 Å². The fourth-order valence-electron chi connectivity index (χ4n) is 1.36. The first kappa shape index (κ1) is 8.05. The quantitative estimate of drug-likeness (QED) is 0.506. The summed E-state index contributed by atoms with van der Waals surface area (Å²) < 4.78 is 5.29. The van der Waals surface area contributed by atoms with Gasteiger partial charge in [-0.2, -0.15) is 5.10 Å². The van der Waals surface area contributed by atoms with Gasteiger partial charge in [0.2, 0.25) is 0 Å². The zero-order chi connectivity index (χ0) is 8.39. The van der Waals surface area contributed by atoms with E-state index in [1.807, 2.05) is 0 Å². The third-order valence-corrected chi connectivity index (χ3v) is 2.52. The fraction of sp³-hybridized carbons (Fsp3) is 0.889. The van der Waals surface area contributed by atoms with Crippen molar-refractivity contribution in [2.75, 3.05) is 13.2 Å². The van der Waals surface area contributed by atoms with Gasteiger partial charge >= 0.3 is 0 Å². The number of nitrogens with one attached hydrogen (secondary N) is 1. The third kappa shape index (κ3) is 1.97. The molecule has 1 unspecified atom stereocenters. The van der Waals surface area contributed by atoms with Crippen molar-refractivity contribution in [2.24, 2.45) is 11.0 Å². The van der Waals surface area contributed by atoms with Gasteiger partial charge in [0, 0.05) is 24.3 Å². The van der Waals surface area contributed by atoms with Crippen LogP contribution in [0.3, 0.4) is 0 Å². The van der Waals surface area contributed by atoms with Crippen molar-refractivity contribution in [1.29, 1.82) is 0 Å². The van der Waals surface area contributed by atoms with Crippen molar-refractivity contribution in [2.45, 2.75) is 32.2 Å². The Morgan fingerprint density at radius 3 is 2.83 bits per heavy atom. The first-order valence-electron chi connectivity index (χ1n) is 4.73. The largest absolute Gasteiger partial charge is 0.381 e. The predicted octanol–water partition coefficient (Wildman–Crippen LogP) is 1.15. The average Bonchev–Trinajstić information content (AvgIpc) is 2.74. The Kier molecular flexibility index (Phi) is 2.30. The molecular weight excluding hydrogens is 152 g/mol. The Morgan fingerprint density at radius 2 is 2.25 bits per heavy atom. The Balaban J connectivity index is 1.79. The third-order valence-electron chi connectivity index (χ3n) is 2.52. The maximum Gasteiger partial charge on any atom is 0.0548 e. The molecule has 68 valence electrons. The fourth-order valence-corrected chi connectivity index (χ4v) is 1.36. The highest BCUT2D eigenvalue weighted by Crippen LogP contribution is 2.19. The highest BCUT2D eigenvalue weighted by molar-refractivity contribution is 5.84. The van der Waals surface area contributed by atoms with Gasteiger partial charge < -0.3 is 10.2 Å². The highest BCUT2D eigenvalue weighted by atomic mass is 16.5. The van der Waals surface area contributed by atoms with Gasteiger partial charge in [-0.25, -0.2) is 0 Å². The Hall–Kier alpha value is -0.570. The molecule has 0 radical (unpaired) electrons. The number of rotatable bonds is 3. The molecule has 1 N–H and O–H groups in total. The molecular formula is C9H16N2O. The first-order chi connectivity index (χ1) is 5.86. The van der Waals surface area contributed by atoms with E-state index in [0.29, 0.717) is 12.0 Å². The minimum atomic E-state index is 0.566. The molecule has 1 atom stereocenters. The molecule has 3 heteroatoms. The molecule has 1 saturated heterocycles. The van der Waals surface area contributed by atoms with E-state index >= 15 is 0 Å². The van der Waals surface area contributed by atoms with Crippen LogP contribution in [0.15, 0.2) is 5.10 Å². The molecule has 1 heterocycles. The summed E-state index contributed by atoms with van der Waals surface area (Å²) in [6.45, 7) is 3.86. The number of nitrogens with zero attached hydrogens (tertiary/aromatic N) is 1. The molecule has 2 fully saturated rings. The molecule has 0 aromatic rings. The molecule has 1 aliphatic carbocycles. The van der Waals surface area contributed by atoms with Crippen LogP contribution in [0.4, 0.5) is 0 Å². The lowest BCUT2D eigenvalue weighted by molar-refractivity contribution is 0.193. The van der Waals surface area contributed by atoms with E-state index in [-0.39, 0.29) is 0 Å². The van der Waals surface area contributed by atoms with E-state index in [1.165, 1.54) is 18.6 Å². The van der Waals surface area contributed by atoms with Crippen LogP contribution in [0.1, 0.15) is 26.2 Å². The molecule has 0 amide bonds. The number of hydrogen-bond acceptors (Lipinski definition) is 3. The van der Waals surface area contributed by atoms with Crippen LogP contribution in [-0.4, -0.2) is 25.0 Å². The first-order valence-corrected chi connectivity index (χ1v) is 4.73. The van der Waals surface area contributed by atoms with E-state index in [1.54, 1.807) is 0 Å². The van der Waals surface area contributed by atoms with E-state index in [2.05, 4.69) is 17.5 Å². The smallest absolute Gasteiger partial charge is 0.0548 e. The van der Waals surface area contributed by atoms with Crippen LogP contribution in [0, 0.1) is 5.92 Å². The van der Waals surface area contributed by atoms with Gasteiger partial charge in [-0.15, -0.1) is 0 Å². The zero-order valence-electron chi connectivity index (χ0n) is 7.55. The minimum Gasteiger partial charge on any atom is -0.381 e. The maximum atomic E-state index is 5.29. The summed E-state index contributed by atoms with van der Waals surface area (Å²) in [4.78, 5) is 0. The van der Waals surface area contributed by atoms with Gasteiger partial charge in [-0.3, -0.25) is 0 Å². The van der Waals surface area contributed by atoms with Gasteiger partial charge in [0.1, 0.15) is 0 Å². The van der Waals surface area contributed by atoms with Crippen molar-refractivity contribution >= 4 is 5.71 Å². The summed E-state index contributed by atoms with van der Waals surface area (Å²) in [5.41, 5.74) is 4.37. The monoisotopic (exact) mass is 168 g/mol. The van der Waals surface area contributed by atoms with Crippen LogP contribution < -0.4 is 5.43 Å². The molecule has 0 bridgehead atoms. The van der Waals surface area contributed by atoms with Crippen molar-refractivity contribution in [3.63, 3.8) is 0 Å². The van der Waals surface area contributed by atoms with Gasteiger partial charge in [0.05, 0.1) is 6.61 Å². The molecule has 1 saturated carbocycles. The van der Waals surface area contributed by atoms with Crippen LogP contribution >= 0.6 is 0 Å². The van der Waals surface area contributed by atoms with Gasteiger partial charge in [-0.1, -0.05) is 0 Å². The summed E-state index contributed by atoms with van der Waals surface area (Å²) in [6, 6.07) is 0.669. The molecule has 0 aromatic heterocycles. The van der Waals surface area contributed by atoms with Crippen LogP contribution in [0.25, 0.3) is 0 Å². The molecule has 1 aliphatic heterocycles. The summed E-state index contributed by atoms with van der Waals surface area (Å²) in [5.74, 6) is 0.566. The molecule has 3 nitrogen and oxygen atoms in total. The summed E-state index contributed by atoms with van der Waals surface area (Å²) >= 11 is 0. The van der Waals surface area contributed by atoms with E-state index in [4.69, 9.17) is 4.74 Å². The number of hydrazone groups is 1. The van der Waals surface area contributed by atoms with Crippen LogP contribution in [-0.2, 0) is 4.74 Å². The second kappa shape index (κ2) is 3.44. The van der Waals surface area contributed by atoms with Crippen molar-refractivity contribution in [3.05, 3.63) is 0 Å². The van der Waals surface area contributed by atoms with Crippen LogP contribution in [0.2, 0.25) is 0 Å². The van der Waals surface area contributed by atoms with Crippen molar-refractivity contribution in [1.82, 2.24) is 5.43 Å². The lowest BCUT2D eigenvalue weighted by atomic mass is 10.0. The molecule has 0 spiro atoms. The Bertz CT molecular complexity index is 181. The van der Waals surface area contributed by atoms with Crippen molar-refractivity contribution < 1.29 is 4.74 Å². The summed E-state index contributed by atoms with van der Waals surface area (Å²) in [6.07, 6.45) is 3.72. The molecule has 12 heavy (non-hydrogen) atoms. The molecule has 2 aliphatic rings. The summed E-state index contributed by atoms with van der Waals surface area (Å²) in [5, 5.41) is 4.35. The second-order valence-corrected chi connectivity index (χ2v) is 3.72.